The quantitative estimate of drug-likeness (QED) is 0.548. The Labute approximate surface area is 44.3 Å². The fraction of sp³-hybridized carbons (Fsp3) is 0. The minimum Gasteiger partial charge on any atom is -0.281 e. The lowest BCUT2D eigenvalue weighted by atomic mass is 10.7. The van der Waals surface area contributed by atoms with Gasteiger partial charge in [0.1, 0.15) is 0 Å². The number of rotatable bonds is 0. The fourth-order valence-electron chi connectivity index (χ4n) is 0.259. The van der Waals surface area contributed by atoms with E-state index in [2.05, 4.69) is 10.2 Å². The van der Waals surface area contributed by atoms with E-state index >= 15 is 0 Å². The first kappa shape index (κ1) is 4.59. The summed E-state index contributed by atoms with van der Waals surface area (Å²) in [7, 11) is 0. The summed E-state index contributed by atoms with van der Waals surface area (Å²) in [5.41, 5.74) is 0. The minimum absolute atomic E-state index is 0.111. The third-order valence-corrected chi connectivity index (χ3v) is 0.816. The van der Waals surface area contributed by atoms with E-state index in [1.165, 1.54) is 0 Å². The zero-order chi connectivity index (χ0) is 5.28. The van der Waals surface area contributed by atoms with Gasteiger partial charge in [0.15, 0.2) is 11.0 Å². The predicted octanol–water partition coefficient (Wildman–Crippen LogP) is 1.20. The molecule has 0 amide bonds. The van der Waals surface area contributed by atoms with E-state index in [9.17, 15) is 4.39 Å². The standard InChI is InChI=1S/C3H2ClFN2/c4-3-2(5)1-6-7-3/h1H,(H,6,7). The largest absolute Gasteiger partial charge is 0.281 e. The van der Waals surface area contributed by atoms with E-state index in [-0.39, 0.29) is 5.15 Å². The summed E-state index contributed by atoms with van der Waals surface area (Å²) in [5, 5.41) is 5.41. The number of hydrogen-bond acceptors (Lipinski definition) is 1. The van der Waals surface area contributed by atoms with Gasteiger partial charge in [-0.15, -0.1) is 0 Å². The second-order valence-corrected chi connectivity index (χ2v) is 1.38. The number of nitrogens with zero attached hydrogens (tertiary/aromatic N) is 1. The van der Waals surface area contributed by atoms with Crippen LogP contribution in [0.3, 0.4) is 0 Å². The van der Waals surface area contributed by atoms with Gasteiger partial charge in [0.05, 0.1) is 6.20 Å². The Morgan fingerprint density at radius 2 is 2.57 bits per heavy atom. The molecule has 0 aliphatic carbocycles. The molecule has 0 unspecified atom stereocenters. The molecule has 1 heterocycles. The van der Waals surface area contributed by atoms with Gasteiger partial charge < -0.3 is 0 Å². The average Bonchev–Trinajstić information content (AvgIpc) is 1.91. The van der Waals surface area contributed by atoms with Crippen LogP contribution in [0.5, 0.6) is 0 Å². The molecule has 0 saturated heterocycles. The lowest BCUT2D eigenvalue weighted by molar-refractivity contribution is 0.629. The minimum atomic E-state index is -0.512. The van der Waals surface area contributed by atoms with Crippen molar-refractivity contribution < 1.29 is 4.39 Å². The summed E-state index contributed by atoms with van der Waals surface area (Å²) in [5.74, 6) is -0.512. The lowest BCUT2D eigenvalue weighted by Crippen LogP contribution is -1.63. The highest BCUT2D eigenvalue weighted by Crippen LogP contribution is 2.06. The molecular weight excluding hydrogens is 118 g/mol. The molecule has 0 fully saturated rings. The van der Waals surface area contributed by atoms with Crippen LogP contribution in [-0.2, 0) is 0 Å². The van der Waals surface area contributed by atoms with Crippen molar-refractivity contribution in [1.82, 2.24) is 10.2 Å². The molecule has 2 nitrogen and oxygen atoms in total. The maximum atomic E-state index is 11.9. The molecule has 0 aliphatic rings. The van der Waals surface area contributed by atoms with Gasteiger partial charge in [0.2, 0.25) is 0 Å². The maximum Gasteiger partial charge on any atom is 0.186 e. The first-order chi connectivity index (χ1) is 3.30. The molecular formula is C3H2ClFN2. The number of nitrogens with one attached hydrogen (secondary N) is 1. The molecule has 1 N–H and O–H groups in total. The van der Waals surface area contributed by atoms with Crippen molar-refractivity contribution in [1.29, 1.82) is 0 Å². The Kier molecular flexibility index (Phi) is 0.982. The fourth-order valence-corrected chi connectivity index (χ4v) is 0.362. The van der Waals surface area contributed by atoms with E-state index in [1.54, 1.807) is 0 Å². The van der Waals surface area contributed by atoms with Crippen molar-refractivity contribution >= 4 is 11.6 Å². The molecule has 1 rings (SSSR count). The highest BCUT2D eigenvalue weighted by Gasteiger charge is 1.96. The van der Waals surface area contributed by atoms with Gasteiger partial charge >= 0.3 is 0 Å². The van der Waals surface area contributed by atoms with E-state index in [0.29, 0.717) is 0 Å². The van der Waals surface area contributed by atoms with Crippen molar-refractivity contribution in [3.63, 3.8) is 0 Å². The number of H-pyrrole nitrogens is 1. The Morgan fingerprint density at radius 3 is 2.71 bits per heavy atom. The van der Waals surface area contributed by atoms with Crippen molar-refractivity contribution in [2.45, 2.75) is 0 Å². The summed E-state index contributed by atoms with van der Waals surface area (Å²) in [6.07, 6.45) is 1.09. The molecule has 0 spiro atoms. The highest BCUT2D eigenvalue weighted by molar-refractivity contribution is 6.29. The van der Waals surface area contributed by atoms with Gasteiger partial charge in [-0.2, -0.15) is 5.10 Å². The molecule has 1 aromatic rings. The van der Waals surface area contributed by atoms with Crippen LogP contribution in [0.1, 0.15) is 0 Å². The molecule has 0 aromatic carbocycles. The first-order valence-corrected chi connectivity index (χ1v) is 2.03. The lowest BCUT2D eigenvalue weighted by Gasteiger charge is -1.69. The van der Waals surface area contributed by atoms with Crippen LogP contribution in [0.4, 0.5) is 4.39 Å². The van der Waals surface area contributed by atoms with Crippen molar-refractivity contribution in [3.8, 4) is 0 Å². The van der Waals surface area contributed by atoms with Crippen molar-refractivity contribution in [3.05, 3.63) is 17.2 Å². The Morgan fingerprint density at radius 1 is 1.86 bits per heavy atom. The number of halogens is 2. The van der Waals surface area contributed by atoms with Gasteiger partial charge in [0, 0.05) is 0 Å². The predicted molar refractivity (Wildman–Crippen MR) is 23.6 cm³/mol. The number of aromatic amines is 1. The van der Waals surface area contributed by atoms with E-state index in [4.69, 9.17) is 11.6 Å². The average molecular weight is 121 g/mol. The topological polar surface area (TPSA) is 28.7 Å². The summed E-state index contributed by atoms with van der Waals surface area (Å²) in [4.78, 5) is 0. The van der Waals surface area contributed by atoms with Gasteiger partial charge in [-0.05, 0) is 0 Å². The molecule has 0 radical (unpaired) electrons. The molecule has 0 atom stereocenters. The normalized spacial score (nSPS) is 9.43. The molecule has 7 heavy (non-hydrogen) atoms. The third kappa shape index (κ3) is 0.718. The zero-order valence-electron chi connectivity index (χ0n) is 3.28. The SMILES string of the molecule is Fc1c[nH]nc1Cl. The van der Waals surface area contributed by atoms with Crippen LogP contribution in [0, 0.1) is 5.82 Å². The monoisotopic (exact) mass is 120 g/mol. The van der Waals surface area contributed by atoms with E-state index in [1.807, 2.05) is 0 Å². The van der Waals surface area contributed by atoms with Crippen molar-refractivity contribution in [2.24, 2.45) is 0 Å². The molecule has 0 bridgehead atoms. The molecule has 0 saturated carbocycles. The summed E-state index contributed by atoms with van der Waals surface area (Å²) < 4.78 is 11.9. The summed E-state index contributed by atoms with van der Waals surface area (Å²) >= 11 is 5.11. The smallest absolute Gasteiger partial charge is 0.186 e. The maximum absolute atomic E-state index is 11.9. The first-order valence-electron chi connectivity index (χ1n) is 1.65. The second-order valence-electron chi connectivity index (χ2n) is 1.02. The third-order valence-electron chi connectivity index (χ3n) is 0.551. The zero-order valence-corrected chi connectivity index (χ0v) is 4.04. The van der Waals surface area contributed by atoms with Crippen LogP contribution in [0.2, 0.25) is 5.15 Å². The van der Waals surface area contributed by atoms with Crippen molar-refractivity contribution in [2.75, 3.05) is 0 Å². The molecule has 4 heteroatoms. The Hall–Kier alpha value is -0.570. The van der Waals surface area contributed by atoms with Crippen LogP contribution in [-0.4, -0.2) is 10.2 Å². The second kappa shape index (κ2) is 1.50. The molecule has 38 valence electrons. The Bertz CT molecular complexity index is 145. The Balaban J connectivity index is 3.12. The van der Waals surface area contributed by atoms with Gasteiger partial charge in [-0.3, -0.25) is 5.10 Å². The van der Waals surface area contributed by atoms with Gasteiger partial charge in [0.25, 0.3) is 0 Å². The van der Waals surface area contributed by atoms with Crippen LogP contribution in [0.15, 0.2) is 6.20 Å². The van der Waals surface area contributed by atoms with Crippen LogP contribution >= 0.6 is 11.6 Å². The molecule has 1 aromatic heterocycles. The molecule has 0 aliphatic heterocycles. The highest BCUT2D eigenvalue weighted by atomic mass is 35.5. The van der Waals surface area contributed by atoms with E-state index in [0.717, 1.165) is 6.20 Å². The summed E-state index contributed by atoms with van der Waals surface area (Å²) in [6, 6.07) is 0. The van der Waals surface area contributed by atoms with Gasteiger partial charge in [-0.1, -0.05) is 11.6 Å². The van der Waals surface area contributed by atoms with Crippen LogP contribution in [0.25, 0.3) is 0 Å². The summed E-state index contributed by atoms with van der Waals surface area (Å²) in [6.45, 7) is 0. The van der Waals surface area contributed by atoms with Crippen LogP contribution < -0.4 is 0 Å². The number of hydrogen-bond donors (Lipinski definition) is 1. The number of aromatic nitrogens is 2. The van der Waals surface area contributed by atoms with Gasteiger partial charge in [-0.25, -0.2) is 4.39 Å². The van der Waals surface area contributed by atoms with E-state index < -0.39 is 5.82 Å².